The molecule has 0 fully saturated rings. The maximum atomic E-state index is 12.6. The van der Waals surface area contributed by atoms with Crippen LogP contribution in [0.2, 0.25) is 0 Å². The van der Waals surface area contributed by atoms with Crippen LogP contribution in [0.1, 0.15) is 16.7 Å². The molecule has 0 heterocycles. The van der Waals surface area contributed by atoms with Crippen LogP contribution in [0.25, 0.3) is 0 Å². The van der Waals surface area contributed by atoms with Gasteiger partial charge in [-0.3, -0.25) is 14.9 Å². The standard InChI is InChI=1S/C19H17F3N2O5/c1-29-18(26)16(10-12-5-7-14(8-6-12)19(20,21)22)23-17(25)11-13-3-2-4-15(9-13)24(27)28/h2-9,16H,10-11H2,1H3,(H,23,25)/t16-/m0/s1. The fraction of sp³-hybridized carbons (Fsp3) is 0.263. The second-order valence-electron chi connectivity index (χ2n) is 6.15. The van der Waals surface area contributed by atoms with E-state index in [1.807, 2.05) is 0 Å². The number of nitrogens with zero attached hydrogens (tertiary/aromatic N) is 1. The van der Waals surface area contributed by atoms with Crippen molar-refractivity contribution in [1.29, 1.82) is 0 Å². The first kappa shape index (κ1) is 21.9. The van der Waals surface area contributed by atoms with Crippen molar-refractivity contribution in [2.45, 2.75) is 25.1 Å². The number of rotatable bonds is 7. The van der Waals surface area contributed by atoms with Gasteiger partial charge >= 0.3 is 12.1 Å². The predicted octanol–water partition coefficient (Wildman–Crippen LogP) is 3.06. The van der Waals surface area contributed by atoms with Crippen molar-refractivity contribution in [3.63, 3.8) is 0 Å². The Hall–Kier alpha value is -3.43. The monoisotopic (exact) mass is 410 g/mol. The van der Waals surface area contributed by atoms with Gasteiger partial charge in [0, 0.05) is 18.6 Å². The number of esters is 1. The molecule has 0 radical (unpaired) electrons. The number of carbonyl (C=O) groups excluding carboxylic acids is 2. The average Bonchev–Trinajstić information content (AvgIpc) is 2.66. The van der Waals surface area contributed by atoms with Crippen molar-refractivity contribution >= 4 is 17.6 Å². The molecule has 0 aliphatic carbocycles. The van der Waals surface area contributed by atoms with Gasteiger partial charge in [-0.2, -0.15) is 13.2 Å². The van der Waals surface area contributed by atoms with Gasteiger partial charge in [0.1, 0.15) is 6.04 Å². The lowest BCUT2D eigenvalue weighted by atomic mass is 10.0. The average molecular weight is 410 g/mol. The summed E-state index contributed by atoms with van der Waals surface area (Å²) in [6.45, 7) is 0. The molecule has 2 rings (SSSR count). The van der Waals surface area contributed by atoms with E-state index in [0.717, 1.165) is 19.2 Å². The molecule has 1 atom stereocenters. The summed E-state index contributed by atoms with van der Waals surface area (Å²) in [5.74, 6) is -1.36. The molecule has 2 aromatic carbocycles. The number of amides is 1. The molecule has 10 heteroatoms. The van der Waals surface area contributed by atoms with E-state index in [-0.39, 0.29) is 18.5 Å². The zero-order valence-electron chi connectivity index (χ0n) is 15.2. The number of nitro benzene ring substituents is 1. The van der Waals surface area contributed by atoms with Crippen LogP contribution in [-0.2, 0) is 33.3 Å². The molecular formula is C19H17F3N2O5. The molecule has 0 spiro atoms. The van der Waals surface area contributed by atoms with E-state index >= 15 is 0 Å². The molecular weight excluding hydrogens is 393 g/mol. The second-order valence-corrected chi connectivity index (χ2v) is 6.15. The van der Waals surface area contributed by atoms with Crippen molar-refractivity contribution in [2.24, 2.45) is 0 Å². The Labute approximate surface area is 163 Å². The number of ether oxygens (including phenoxy) is 1. The molecule has 0 aromatic heterocycles. The van der Waals surface area contributed by atoms with Crippen LogP contribution >= 0.6 is 0 Å². The van der Waals surface area contributed by atoms with Gasteiger partial charge in [0.15, 0.2) is 0 Å². The highest BCUT2D eigenvalue weighted by Crippen LogP contribution is 2.29. The number of alkyl halides is 3. The van der Waals surface area contributed by atoms with Crippen molar-refractivity contribution in [1.82, 2.24) is 5.32 Å². The first-order chi connectivity index (χ1) is 13.6. The summed E-state index contributed by atoms with van der Waals surface area (Å²) < 4.78 is 42.6. The van der Waals surface area contributed by atoms with Gasteiger partial charge in [-0.25, -0.2) is 4.79 Å². The minimum Gasteiger partial charge on any atom is -0.467 e. The highest BCUT2D eigenvalue weighted by atomic mass is 19.4. The van der Waals surface area contributed by atoms with E-state index in [1.54, 1.807) is 0 Å². The fourth-order valence-corrected chi connectivity index (χ4v) is 2.61. The number of hydrogen-bond acceptors (Lipinski definition) is 5. The largest absolute Gasteiger partial charge is 0.467 e. The highest BCUT2D eigenvalue weighted by molar-refractivity contribution is 5.85. The van der Waals surface area contributed by atoms with Crippen LogP contribution in [0.3, 0.4) is 0 Å². The summed E-state index contributed by atoms with van der Waals surface area (Å²) in [5, 5.41) is 13.3. The van der Waals surface area contributed by atoms with Gasteiger partial charge in [-0.05, 0) is 23.3 Å². The van der Waals surface area contributed by atoms with E-state index in [9.17, 15) is 32.9 Å². The van der Waals surface area contributed by atoms with Crippen molar-refractivity contribution in [3.05, 3.63) is 75.3 Å². The molecule has 0 aliphatic heterocycles. The number of hydrogen-bond donors (Lipinski definition) is 1. The summed E-state index contributed by atoms with van der Waals surface area (Å²) in [7, 11) is 1.12. The van der Waals surface area contributed by atoms with Crippen molar-refractivity contribution in [2.75, 3.05) is 7.11 Å². The van der Waals surface area contributed by atoms with E-state index in [4.69, 9.17) is 0 Å². The molecule has 1 amide bonds. The lowest BCUT2D eigenvalue weighted by molar-refractivity contribution is -0.384. The number of benzene rings is 2. The normalized spacial score (nSPS) is 12.1. The Bertz CT molecular complexity index is 897. The first-order valence-corrected chi connectivity index (χ1v) is 8.37. The lowest BCUT2D eigenvalue weighted by Gasteiger charge is -2.17. The molecule has 2 aromatic rings. The quantitative estimate of drug-likeness (QED) is 0.430. The molecule has 0 aliphatic rings. The summed E-state index contributed by atoms with van der Waals surface area (Å²) in [6.07, 6.45) is -4.78. The molecule has 1 N–H and O–H groups in total. The number of methoxy groups -OCH3 is 1. The Morgan fingerprint density at radius 3 is 2.34 bits per heavy atom. The van der Waals surface area contributed by atoms with Crippen LogP contribution in [-0.4, -0.2) is 30.0 Å². The Morgan fingerprint density at radius 2 is 1.79 bits per heavy atom. The molecule has 0 bridgehead atoms. The molecule has 0 saturated heterocycles. The van der Waals surface area contributed by atoms with Crippen LogP contribution in [0.5, 0.6) is 0 Å². The SMILES string of the molecule is COC(=O)[C@H](Cc1ccc(C(F)(F)F)cc1)NC(=O)Cc1cccc([N+](=O)[O-])c1. The summed E-state index contributed by atoms with van der Waals surface area (Å²) >= 11 is 0. The number of nitrogens with one attached hydrogen (secondary N) is 1. The van der Waals surface area contributed by atoms with Gasteiger partial charge in [0.2, 0.25) is 5.91 Å². The number of carbonyl (C=O) groups is 2. The highest BCUT2D eigenvalue weighted by Gasteiger charge is 2.30. The first-order valence-electron chi connectivity index (χ1n) is 8.37. The minimum atomic E-state index is -4.48. The van der Waals surface area contributed by atoms with Crippen LogP contribution in [0, 0.1) is 10.1 Å². The third-order valence-corrected chi connectivity index (χ3v) is 4.03. The maximum absolute atomic E-state index is 12.6. The Morgan fingerprint density at radius 1 is 1.14 bits per heavy atom. The summed E-state index contributed by atoms with van der Waals surface area (Å²) in [5.41, 5.74) is -0.242. The van der Waals surface area contributed by atoms with Gasteiger partial charge in [-0.1, -0.05) is 24.3 Å². The summed E-state index contributed by atoms with van der Waals surface area (Å²) in [6, 6.07) is 8.55. The maximum Gasteiger partial charge on any atom is 0.416 e. The fourth-order valence-electron chi connectivity index (χ4n) is 2.61. The Balaban J connectivity index is 2.08. The second kappa shape index (κ2) is 9.18. The topological polar surface area (TPSA) is 98.5 Å². The van der Waals surface area contributed by atoms with Gasteiger partial charge < -0.3 is 10.1 Å². The van der Waals surface area contributed by atoms with Crippen LogP contribution in [0.15, 0.2) is 48.5 Å². The Kier molecular flexibility index (Phi) is 6.92. The van der Waals surface area contributed by atoms with E-state index in [2.05, 4.69) is 10.1 Å². The van der Waals surface area contributed by atoms with Gasteiger partial charge in [-0.15, -0.1) is 0 Å². The number of non-ortho nitro benzene ring substituents is 1. The molecule has 0 unspecified atom stereocenters. The van der Waals surface area contributed by atoms with Crippen LogP contribution in [0.4, 0.5) is 18.9 Å². The number of nitro groups is 1. The molecule has 154 valence electrons. The van der Waals surface area contributed by atoms with E-state index in [0.29, 0.717) is 11.1 Å². The molecule has 7 nitrogen and oxygen atoms in total. The van der Waals surface area contributed by atoms with Gasteiger partial charge in [0.05, 0.1) is 24.0 Å². The third-order valence-electron chi connectivity index (χ3n) is 4.03. The molecule has 0 saturated carbocycles. The van der Waals surface area contributed by atoms with Gasteiger partial charge in [0.25, 0.3) is 5.69 Å². The zero-order chi connectivity index (χ0) is 21.6. The smallest absolute Gasteiger partial charge is 0.416 e. The van der Waals surface area contributed by atoms with E-state index in [1.165, 1.54) is 36.4 Å². The zero-order valence-corrected chi connectivity index (χ0v) is 15.2. The van der Waals surface area contributed by atoms with Crippen molar-refractivity contribution < 1.29 is 32.4 Å². The minimum absolute atomic E-state index is 0.0779. The third kappa shape index (κ3) is 6.30. The lowest BCUT2D eigenvalue weighted by Crippen LogP contribution is -2.43. The number of halogens is 3. The van der Waals surface area contributed by atoms with Crippen molar-refractivity contribution in [3.8, 4) is 0 Å². The van der Waals surface area contributed by atoms with Crippen LogP contribution < -0.4 is 5.32 Å². The molecule has 29 heavy (non-hydrogen) atoms. The van der Waals surface area contributed by atoms with E-state index < -0.39 is 34.6 Å². The predicted molar refractivity (Wildman–Crippen MR) is 95.9 cm³/mol. The summed E-state index contributed by atoms with van der Waals surface area (Å²) in [4.78, 5) is 34.4.